The Morgan fingerprint density at radius 1 is 1.69 bits per heavy atom. The van der Waals surface area contributed by atoms with Crippen LogP contribution in [0.2, 0.25) is 0 Å². The summed E-state index contributed by atoms with van der Waals surface area (Å²) in [7, 11) is 0. The van der Waals surface area contributed by atoms with E-state index >= 15 is 0 Å². The molecule has 2 rings (SSSR count). The van der Waals surface area contributed by atoms with E-state index in [4.69, 9.17) is 10.5 Å². The van der Waals surface area contributed by atoms with E-state index in [0.717, 1.165) is 5.56 Å². The number of hydrogen-bond acceptors (Lipinski definition) is 4. The summed E-state index contributed by atoms with van der Waals surface area (Å²) in [5.74, 6) is 0. The van der Waals surface area contributed by atoms with Crippen molar-refractivity contribution in [3.63, 3.8) is 0 Å². The van der Waals surface area contributed by atoms with Crippen LogP contribution >= 0.6 is 11.3 Å². The van der Waals surface area contributed by atoms with Gasteiger partial charge in [-0.05, 0) is 23.9 Å². The van der Waals surface area contributed by atoms with E-state index < -0.39 is 5.60 Å². The minimum Gasteiger partial charge on any atom is -0.383 e. The summed E-state index contributed by atoms with van der Waals surface area (Å²) < 4.78 is 4.96. The van der Waals surface area contributed by atoms with Crippen molar-refractivity contribution in [1.82, 2.24) is 0 Å². The molecule has 1 fully saturated rings. The van der Waals surface area contributed by atoms with Gasteiger partial charge >= 0.3 is 0 Å². The summed E-state index contributed by atoms with van der Waals surface area (Å²) in [5.41, 5.74) is 6.09. The van der Waals surface area contributed by atoms with Crippen LogP contribution in [0.5, 0.6) is 0 Å². The van der Waals surface area contributed by atoms with Crippen molar-refractivity contribution in [2.45, 2.75) is 18.6 Å². The molecule has 1 atom stereocenters. The van der Waals surface area contributed by atoms with Crippen molar-refractivity contribution < 1.29 is 9.84 Å². The fraction of sp³-hybridized carbons (Fsp3) is 0.556. The fourth-order valence-electron chi connectivity index (χ4n) is 1.43. The van der Waals surface area contributed by atoms with E-state index in [1.165, 1.54) is 4.88 Å². The highest BCUT2D eigenvalue weighted by Crippen LogP contribution is 2.32. The van der Waals surface area contributed by atoms with Gasteiger partial charge in [0.15, 0.2) is 0 Å². The Hall–Kier alpha value is -0.420. The highest BCUT2D eigenvalue weighted by molar-refractivity contribution is 7.10. The molecule has 1 unspecified atom stereocenters. The Bertz CT molecular complexity index is 306. The second-order valence-electron chi connectivity index (χ2n) is 3.56. The number of hydrogen-bond donors (Lipinski definition) is 2. The SMILES string of the molecule is Cc1cc(C(N)C2(O)COC2)cs1. The Morgan fingerprint density at radius 2 is 2.38 bits per heavy atom. The van der Waals surface area contributed by atoms with Crippen molar-refractivity contribution in [3.8, 4) is 0 Å². The molecule has 1 aliphatic heterocycles. The van der Waals surface area contributed by atoms with Crippen LogP contribution in [-0.4, -0.2) is 23.9 Å². The van der Waals surface area contributed by atoms with Crippen LogP contribution in [0.4, 0.5) is 0 Å². The van der Waals surface area contributed by atoms with Crippen molar-refractivity contribution in [1.29, 1.82) is 0 Å². The first kappa shape index (κ1) is 9.15. The van der Waals surface area contributed by atoms with Gasteiger partial charge in [0.05, 0.1) is 19.3 Å². The molecule has 1 aromatic rings. The topological polar surface area (TPSA) is 55.5 Å². The average Bonchev–Trinajstić information content (AvgIpc) is 2.46. The zero-order chi connectivity index (χ0) is 9.47. The summed E-state index contributed by atoms with van der Waals surface area (Å²) in [4.78, 5) is 1.22. The first-order valence-electron chi connectivity index (χ1n) is 4.22. The van der Waals surface area contributed by atoms with Crippen molar-refractivity contribution in [2.24, 2.45) is 5.73 Å². The lowest BCUT2D eigenvalue weighted by molar-refractivity contribution is -0.190. The minimum absolute atomic E-state index is 0.314. The lowest BCUT2D eigenvalue weighted by atomic mass is 9.89. The van der Waals surface area contributed by atoms with Gasteiger partial charge in [0.2, 0.25) is 0 Å². The molecule has 2 heterocycles. The fourth-order valence-corrected chi connectivity index (χ4v) is 2.17. The van der Waals surface area contributed by atoms with Crippen LogP contribution in [-0.2, 0) is 4.74 Å². The number of aryl methyl sites for hydroxylation is 1. The van der Waals surface area contributed by atoms with E-state index in [-0.39, 0.29) is 6.04 Å². The number of rotatable bonds is 2. The quantitative estimate of drug-likeness (QED) is 0.741. The molecule has 0 amide bonds. The molecule has 3 nitrogen and oxygen atoms in total. The van der Waals surface area contributed by atoms with Crippen molar-refractivity contribution in [3.05, 3.63) is 21.9 Å². The molecule has 1 aliphatic rings. The zero-order valence-corrected chi connectivity index (χ0v) is 8.30. The molecule has 0 radical (unpaired) electrons. The molecule has 1 aromatic heterocycles. The summed E-state index contributed by atoms with van der Waals surface area (Å²) in [6.07, 6.45) is 0. The molecule has 4 heteroatoms. The van der Waals surface area contributed by atoms with Crippen molar-refractivity contribution >= 4 is 11.3 Å². The van der Waals surface area contributed by atoms with Gasteiger partial charge in [-0.1, -0.05) is 0 Å². The summed E-state index contributed by atoms with van der Waals surface area (Å²) >= 11 is 1.65. The third-order valence-corrected chi connectivity index (χ3v) is 3.27. The van der Waals surface area contributed by atoms with E-state index in [1.54, 1.807) is 11.3 Å². The third kappa shape index (κ3) is 1.50. The third-order valence-electron chi connectivity index (χ3n) is 2.39. The molecule has 0 aromatic carbocycles. The standard InChI is InChI=1S/C9H13NO2S/c1-6-2-7(3-13-6)8(10)9(11)4-12-5-9/h2-3,8,11H,4-5,10H2,1H3. The molecule has 1 saturated heterocycles. The molecule has 0 bridgehead atoms. The normalized spacial score (nSPS) is 22.4. The highest BCUT2D eigenvalue weighted by Gasteiger charge is 2.43. The van der Waals surface area contributed by atoms with E-state index in [9.17, 15) is 5.11 Å². The molecule has 0 spiro atoms. The maximum Gasteiger partial charge on any atom is 0.130 e. The van der Waals surface area contributed by atoms with E-state index in [2.05, 4.69) is 0 Å². The van der Waals surface area contributed by atoms with E-state index in [0.29, 0.717) is 13.2 Å². The number of ether oxygens (including phenoxy) is 1. The highest BCUT2D eigenvalue weighted by atomic mass is 32.1. The van der Waals surface area contributed by atoms with Gasteiger partial charge in [0.1, 0.15) is 5.60 Å². The van der Waals surface area contributed by atoms with E-state index in [1.807, 2.05) is 18.4 Å². The van der Waals surface area contributed by atoms with Gasteiger partial charge in [-0.15, -0.1) is 11.3 Å². The lowest BCUT2D eigenvalue weighted by Crippen LogP contribution is -2.56. The second-order valence-corrected chi connectivity index (χ2v) is 4.68. The average molecular weight is 199 g/mol. The van der Waals surface area contributed by atoms with Crippen LogP contribution in [0.3, 0.4) is 0 Å². The van der Waals surface area contributed by atoms with Crippen LogP contribution in [0.25, 0.3) is 0 Å². The van der Waals surface area contributed by atoms with Gasteiger partial charge in [0, 0.05) is 4.88 Å². The summed E-state index contributed by atoms with van der Waals surface area (Å²) in [6, 6.07) is 1.71. The van der Waals surface area contributed by atoms with Gasteiger partial charge < -0.3 is 15.6 Å². The minimum atomic E-state index is -0.840. The number of nitrogens with two attached hydrogens (primary N) is 1. The summed E-state index contributed by atoms with van der Waals surface area (Å²) in [6.45, 7) is 2.73. The molecule has 0 aliphatic carbocycles. The smallest absolute Gasteiger partial charge is 0.130 e. The Kier molecular flexibility index (Phi) is 2.15. The predicted octanol–water partition coefficient (Wildman–Crippen LogP) is 0.818. The zero-order valence-electron chi connectivity index (χ0n) is 7.49. The van der Waals surface area contributed by atoms with Crippen LogP contribution < -0.4 is 5.73 Å². The molecule has 72 valence electrons. The largest absolute Gasteiger partial charge is 0.383 e. The predicted molar refractivity (Wildman–Crippen MR) is 51.8 cm³/mol. The first-order chi connectivity index (χ1) is 6.12. The lowest BCUT2D eigenvalue weighted by Gasteiger charge is -2.40. The maximum atomic E-state index is 9.90. The Morgan fingerprint density at radius 3 is 2.77 bits per heavy atom. The molecule has 0 saturated carbocycles. The summed E-state index contributed by atoms with van der Waals surface area (Å²) in [5, 5.41) is 11.9. The first-order valence-corrected chi connectivity index (χ1v) is 5.10. The second kappa shape index (κ2) is 3.06. The monoisotopic (exact) mass is 199 g/mol. The van der Waals surface area contributed by atoms with Crippen LogP contribution in [0, 0.1) is 6.92 Å². The van der Waals surface area contributed by atoms with Gasteiger partial charge in [-0.3, -0.25) is 0 Å². The maximum absolute atomic E-state index is 9.90. The van der Waals surface area contributed by atoms with Crippen LogP contribution in [0.1, 0.15) is 16.5 Å². The van der Waals surface area contributed by atoms with Crippen LogP contribution in [0.15, 0.2) is 11.4 Å². The molecule has 3 N–H and O–H groups in total. The van der Waals surface area contributed by atoms with Gasteiger partial charge in [0.25, 0.3) is 0 Å². The molecular formula is C9H13NO2S. The Labute approximate surface area is 81.1 Å². The number of thiophene rings is 1. The Balaban J connectivity index is 2.17. The van der Waals surface area contributed by atoms with Gasteiger partial charge in [-0.2, -0.15) is 0 Å². The molecule has 13 heavy (non-hydrogen) atoms. The van der Waals surface area contributed by atoms with Gasteiger partial charge in [-0.25, -0.2) is 0 Å². The van der Waals surface area contributed by atoms with Crippen molar-refractivity contribution in [2.75, 3.05) is 13.2 Å². The number of aliphatic hydroxyl groups is 1. The molecular weight excluding hydrogens is 186 g/mol.